The first-order valence-corrected chi connectivity index (χ1v) is 10.9. The number of carbonyl (C=O) groups excluding carboxylic acids is 1. The summed E-state index contributed by atoms with van der Waals surface area (Å²) >= 11 is 0. The van der Waals surface area contributed by atoms with Gasteiger partial charge in [-0.3, -0.25) is 19.6 Å². The van der Waals surface area contributed by atoms with Gasteiger partial charge < -0.3 is 5.32 Å². The van der Waals surface area contributed by atoms with E-state index in [1.807, 2.05) is 30.5 Å². The van der Waals surface area contributed by atoms with Crippen LogP contribution in [0.2, 0.25) is 0 Å². The Morgan fingerprint density at radius 2 is 1.97 bits per heavy atom. The zero-order valence-electron chi connectivity index (χ0n) is 18.5. The molecule has 0 spiro atoms. The van der Waals surface area contributed by atoms with Crippen LogP contribution in [0.15, 0.2) is 60.9 Å². The van der Waals surface area contributed by atoms with Crippen molar-refractivity contribution in [2.45, 2.75) is 25.9 Å². The van der Waals surface area contributed by atoms with Crippen molar-refractivity contribution < 1.29 is 9.18 Å². The third-order valence-corrected chi connectivity index (χ3v) is 5.69. The molecule has 1 amide bonds. The van der Waals surface area contributed by atoms with Gasteiger partial charge in [0.05, 0.1) is 12.1 Å². The van der Waals surface area contributed by atoms with Crippen LogP contribution < -0.4 is 10.2 Å². The van der Waals surface area contributed by atoms with E-state index in [0.717, 1.165) is 37.3 Å². The molecule has 1 aliphatic rings. The lowest BCUT2D eigenvalue weighted by atomic mass is 10.1. The molecule has 1 N–H and O–H groups in total. The Balaban J connectivity index is 1.35. The van der Waals surface area contributed by atoms with Crippen molar-refractivity contribution in [3.63, 3.8) is 0 Å². The van der Waals surface area contributed by atoms with Gasteiger partial charge >= 0.3 is 0 Å². The standard InChI is InChI=1S/C25H28FN5O/c1-18-16-31(11-10-27-18)17-20-7-9-24(29-15-20)30(2)25(32)12-19-6-8-23(28-14-19)21-4-3-5-22(26)13-21/h3-9,13-15,18,27H,10-12,16-17H2,1-2H3/t18-/m0/s1. The number of rotatable bonds is 6. The van der Waals surface area contributed by atoms with Crippen LogP contribution in [-0.2, 0) is 17.8 Å². The summed E-state index contributed by atoms with van der Waals surface area (Å²) in [6.07, 6.45) is 3.73. The number of halogens is 1. The van der Waals surface area contributed by atoms with Crippen LogP contribution in [0.1, 0.15) is 18.1 Å². The second kappa shape index (κ2) is 9.97. The highest BCUT2D eigenvalue weighted by Crippen LogP contribution is 2.19. The van der Waals surface area contributed by atoms with Crippen molar-refractivity contribution in [1.29, 1.82) is 0 Å². The average Bonchev–Trinajstić information content (AvgIpc) is 2.79. The summed E-state index contributed by atoms with van der Waals surface area (Å²) in [5.41, 5.74) is 3.32. The van der Waals surface area contributed by atoms with Crippen LogP contribution in [-0.4, -0.2) is 53.5 Å². The normalized spacial score (nSPS) is 16.7. The predicted octanol–water partition coefficient (Wildman–Crippen LogP) is 3.28. The fourth-order valence-electron chi connectivity index (χ4n) is 3.89. The van der Waals surface area contributed by atoms with Gasteiger partial charge in [-0.05, 0) is 42.3 Å². The monoisotopic (exact) mass is 433 g/mol. The van der Waals surface area contributed by atoms with E-state index in [2.05, 4.69) is 27.1 Å². The molecule has 166 valence electrons. The summed E-state index contributed by atoms with van der Waals surface area (Å²) in [5.74, 6) is 0.254. The molecule has 0 unspecified atom stereocenters. The topological polar surface area (TPSA) is 61.4 Å². The highest BCUT2D eigenvalue weighted by molar-refractivity contribution is 5.93. The summed E-state index contributed by atoms with van der Waals surface area (Å²) in [6, 6.07) is 14.4. The SMILES string of the molecule is C[C@H]1CN(Cc2ccc(N(C)C(=O)Cc3ccc(-c4cccc(F)c4)nc3)nc2)CCN1. The van der Waals surface area contributed by atoms with Crippen LogP contribution in [0.5, 0.6) is 0 Å². The number of nitrogens with zero attached hydrogens (tertiary/aromatic N) is 4. The van der Waals surface area contributed by atoms with Crippen LogP contribution in [0, 0.1) is 5.82 Å². The molecule has 32 heavy (non-hydrogen) atoms. The Labute approximate surface area is 188 Å². The van der Waals surface area contributed by atoms with Crippen LogP contribution in [0.25, 0.3) is 11.3 Å². The molecule has 0 aliphatic carbocycles. The number of amides is 1. The molecule has 3 heterocycles. The minimum atomic E-state index is -0.300. The third kappa shape index (κ3) is 5.55. The van der Waals surface area contributed by atoms with Gasteiger partial charge in [-0.15, -0.1) is 0 Å². The third-order valence-electron chi connectivity index (χ3n) is 5.69. The number of hydrogen-bond donors (Lipinski definition) is 1. The van der Waals surface area contributed by atoms with Gasteiger partial charge in [0.1, 0.15) is 11.6 Å². The van der Waals surface area contributed by atoms with E-state index in [9.17, 15) is 9.18 Å². The Kier molecular flexibility index (Phi) is 6.87. The van der Waals surface area contributed by atoms with Crippen molar-refractivity contribution in [3.8, 4) is 11.3 Å². The first kappa shape index (κ1) is 22.0. The van der Waals surface area contributed by atoms with Crippen molar-refractivity contribution in [1.82, 2.24) is 20.2 Å². The number of aromatic nitrogens is 2. The minimum Gasteiger partial charge on any atom is -0.312 e. The number of benzene rings is 1. The number of anilines is 1. The molecule has 2 aromatic heterocycles. The lowest BCUT2D eigenvalue weighted by Crippen LogP contribution is -2.48. The fourth-order valence-corrected chi connectivity index (χ4v) is 3.89. The van der Waals surface area contributed by atoms with Gasteiger partial charge in [-0.1, -0.05) is 24.3 Å². The minimum absolute atomic E-state index is 0.0681. The molecule has 1 fully saturated rings. The number of nitrogens with one attached hydrogen (secondary N) is 1. The molecule has 1 aromatic carbocycles. The predicted molar refractivity (Wildman–Crippen MR) is 124 cm³/mol. The molecule has 4 rings (SSSR count). The second-order valence-electron chi connectivity index (χ2n) is 8.31. The van der Waals surface area contributed by atoms with Gasteiger partial charge in [0.15, 0.2) is 0 Å². The Hall–Kier alpha value is -3.16. The number of likely N-dealkylation sites (N-methyl/N-ethyl adjacent to an activating group) is 1. The first-order valence-electron chi connectivity index (χ1n) is 10.9. The van der Waals surface area contributed by atoms with E-state index in [-0.39, 0.29) is 18.1 Å². The smallest absolute Gasteiger partial charge is 0.232 e. The lowest BCUT2D eigenvalue weighted by molar-refractivity contribution is -0.117. The average molecular weight is 434 g/mol. The highest BCUT2D eigenvalue weighted by atomic mass is 19.1. The fraction of sp³-hybridized carbons (Fsp3) is 0.320. The van der Waals surface area contributed by atoms with E-state index in [0.29, 0.717) is 23.1 Å². The molecule has 7 heteroatoms. The Morgan fingerprint density at radius 3 is 2.66 bits per heavy atom. The van der Waals surface area contributed by atoms with Crippen molar-refractivity contribution >= 4 is 11.7 Å². The molecular weight excluding hydrogens is 405 g/mol. The number of pyridine rings is 2. The maximum absolute atomic E-state index is 13.4. The van der Waals surface area contributed by atoms with Gasteiger partial charge in [-0.2, -0.15) is 0 Å². The van der Waals surface area contributed by atoms with E-state index in [4.69, 9.17) is 0 Å². The van der Waals surface area contributed by atoms with Crippen LogP contribution in [0.3, 0.4) is 0 Å². The van der Waals surface area contributed by atoms with Crippen LogP contribution >= 0.6 is 0 Å². The molecule has 0 bridgehead atoms. The molecule has 0 saturated carbocycles. The van der Waals surface area contributed by atoms with E-state index >= 15 is 0 Å². The van der Waals surface area contributed by atoms with Gasteiger partial charge in [-0.25, -0.2) is 9.37 Å². The quantitative estimate of drug-likeness (QED) is 0.647. The van der Waals surface area contributed by atoms with Crippen molar-refractivity contribution in [2.75, 3.05) is 31.6 Å². The largest absolute Gasteiger partial charge is 0.312 e. The van der Waals surface area contributed by atoms with Crippen molar-refractivity contribution in [3.05, 3.63) is 77.9 Å². The Morgan fingerprint density at radius 1 is 1.16 bits per heavy atom. The first-order chi connectivity index (χ1) is 15.5. The second-order valence-corrected chi connectivity index (χ2v) is 8.31. The molecular formula is C25H28FN5O. The van der Waals surface area contributed by atoms with Crippen molar-refractivity contribution in [2.24, 2.45) is 0 Å². The number of hydrogen-bond acceptors (Lipinski definition) is 5. The van der Waals surface area contributed by atoms with E-state index < -0.39 is 0 Å². The van der Waals surface area contributed by atoms with Gasteiger partial charge in [0.2, 0.25) is 5.91 Å². The summed E-state index contributed by atoms with van der Waals surface area (Å²) in [7, 11) is 1.73. The number of carbonyl (C=O) groups is 1. The molecule has 1 aliphatic heterocycles. The summed E-state index contributed by atoms with van der Waals surface area (Å²) < 4.78 is 13.4. The lowest BCUT2D eigenvalue weighted by Gasteiger charge is -2.31. The zero-order valence-corrected chi connectivity index (χ0v) is 18.5. The molecule has 6 nitrogen and oxygen atoms in total. The van der Waals surface area contributed by atoms with Gasteiger partial charge in [0.25, 0.3) is 0 Å². The molecule has 3 aromatic rings. The maximum Gasteiger partial charge on any atom is 0.232 e. The molecule has 1 saturated heterocycles. The van der Waals surface area contributed by atoms with Crippen LogP contribution in [0.4, 0.5) is 10.2 Å². The number of piperazine rings is 1. The Bertz CT molecular complexity index is 1050. The molecule has 0 radical (unpaired) electrons. The highest BCUT2D eigenvalue weighted by Gasteiger charge is 2.17. The zero-order chi connectivity index (χ0) is 22.5. The summed E-state index contributed by atoms with van der Waals surface area (Å²) in [4.78, 5) is 25.6. The summed E-state index contributed by atoms with van der Waals surface area (Å²) in [5, 5.41) is 3.45. The van der Waals surface area contributed by atoms with Gasteiger partial charge in [0, 0.05) is 57.2 Å². The van der Waals surface area contributed by atoms with E-state index in [1.54, 1.807) is 30.3 Å². The molecule has 1 atom stereocenters. The maximum atomic E-state index is 13.4. The summed E-state index contributed by atoms with van der Waals surface area (Å²) in [6.45, 7) is 6.10. The van der Waals surface area contributed by atoms with E-state index in [1.165, 1.54) is 12.1 Å².